The molecule has 0 bridgehead atoms. The number of fused-ring (bicyclic) bond motifs is 1. The third kappa shape index (κ3) is 2.89. The first-order chi connectivity index (χ1) is 10.5. The first-order valence-corrected chi connectivity index (χ1v) is 8.00. The van der Waals surface area contributed by atoms with Gasteiger partial charge < -0.3 is 20.7 Å². The highest BCUT2D eigenvalue weighted by molar-refractivity contribution is 5.89. The number of rotatable bonds is 4. The van der Waals surface area contributed by atoms with Crippen LogP contribution in [0.4, 0.5) is 4.79 Å². The summed E-state index contributed by atoms with van der Waals surface area (Å²) < 4.78 is 5.34. The summed E-state index contributed by atoms with van der Waals surface area (Å²) in [5.74, 6) is 1.40. The van der Waals surface area contributed by atoms with Crippen molar-refractivity contribution in [3.05, 3.63) is 0 Å². The van der Waals surface area contributed by atoms with Gasteiger partial charge in [-0.15, -0.1) is 0 Å². The maximum atomic E-state index is 12.1. The first kappa shape index (κ1) is 15.1. The summed E-state index contributed by atoms with van der Waals surface area (Å²) in [5.41, 5.74) is 5.27. The molecule has 0 aromatic heterocycles. The number of alkyl carbamates (subject to hydrolysis) is 1. The molecule has 3 rings (SSSR count). The summed E-state index contributed by atoms with van der Waals surface area (Å²) in [7, 11) is 0. The van der Waals surface area contributed by atoms with Gasteiger partial charge in [-0.05, 0) is 43.4 Å². The molecule has 2 saturated carbocycles. The topological polar surface area (TPSA) is 102 Å². The van der Waals surface area contributed by atoms with Crippen LogP contribution in [-0.4, -0.2) is 48.0 Å². The number of ether oxygens (including phenoxy) is 1. The van der Waals surface area contributed by atoms with Crippen LogP contribution in [0.25, 0.3) is 0 Å². The number of carbonyl (C=O) groups is 3. The molecule has 0 aromatic rings. The van der Waals surface area contributed by atoms with Gasteiger partial charge in [0.1, 0.15) is 18.7 Å². The lowest BCUT2D eigenvalue weighted by atomic mass is 10.1. The minimum atomic E-state index is -0.554. The Balaban J connectivity index is 1.39. The molecule has 2 aliphatic carbocycles. The summed E-state index contributed by atoms with van der Waals surface area (Å²) in [5, 5.41) is 2.48. The molecule has 3 aliphatic rings. The molecule has 1 aliphatic heterocycles. The van der Waals surface area contributed by atoms with Crippen LogP contribution in [0.1, 0.15) is 32.6 Å². The van der Waals surface area contributed by atoms with E-state index in [9.17, 15) is 14.4 Å². The van der Waals surface area contributed by atoms with Crippen molar-refractivity contribution in [2.45, 2.75) is 44.8 Å². The Morgan fingerprint density at radius 2 is 1.95 bits per heavy atom. The molecule has 122 valence electrons. The van der Waals surface area contributed by atoms with Crippen LogP contribution in [-0.2, 0) is 14.3 Å². The molecule has 2 unspecified atom stereocenters. The largest absolute Gasteiger partial charge is 0.446 e. The van der Waals surface area contributed by atoms with Crippen molar-refractivity contribution in [3.63, 3.8) is 0 Å². The summed E-state index contributed by atoms with van der Waals surface area (Å²) in [6.45, 7) is 2.58. The van der Waals surface area contributed by atoms with E-state index >= 15 is 0 Å². The summed E-state index contributed by atoms with van der Waals surface area (Å²) in [4.78, 5) is 36.5. The number of primary amides is 1. The van der Waals surface area contributed by atoms with Gasteiger partial charge in [-0.1, -0.05) is 6.92 Å². The number of hydrogen-bond donors (Lipinski definition) is 2. The molecular weight excluding hydrogens is 286 g/mol. The van der Waals surface area contributed by atoms with Gasteiger partial charge in [-0.3, -0.25) is 9.59 Å². The summed E-state index contributed by atoms with van der Waals surface area (Å²) >= 11 is 0. The van der Waals surface area contributed by atoms with E-state index in [4.69, 9.17) is 10.5 Å². The highest BCUT2D eigenvalue weighted by Crippen LogP contribution is 2.57. The maximum Gasteiger partial charge on any atom is 0.407 e. The molecule has 0 spiro atoms. The molecule has 3 fully saturated rings. The molecular formula is C15H23N3O4. The third-order valence-corrected chi connectivity index (χ3v) is 5.39. The fourth-order valence-corrected chi connectivity index (χ4v) is 4.02. The first-order valence-electron chi connectivity index (χ1n) is 8.00. The molecule has 1 heterocycles. The van der Waals surface area contributed by atoms with Crippen molar-refractivity contribution in [1.82, 2.24) is 10.2 Å². The zero-order valence-electron chi connectivity index (χ0n) is 12.8. The number of nitrogens with two attached hydrogens (primary N) is 1. The lowest BCUT2D eigenvalue weighted by molar-refractivity contribution is -0.136. The van der Waals surface area contributed by atoms with Crippen LogP contribution in [0.2, 0.25) is 0 Å². The minimum absolute atomic E-state index is 0.0218. The van der Waals surface area contributed by atoms with E-state index in [-0.39, 0.29) is 18.6 Å². The van der Waals surface area contributed by atoms with Gasteiger partial charge >= 0.3 is 6.09 Å². The van der Waals surface area contributed by atoms with Gasteiger partial charge in [0.05, 0.1) is 0 Å². The highest BCUT2D eigenvalue weighted by atomic mass is 16.6. The SMILES string of the molecule is CC1C2CC(OC(=O)NCC(=O)N3CCC[C@H]3C(N)=O)CC12. The Hall–Kier alpha value is -1.79. The Morgan fingerprint density at radius 1 is 1.27 bits per heavy atom. The van der Waals surface area contributed by atoms with Crippen molar-refractivity contribution in [1.29, 1.82) is 0 Å². The smallest absolute Gasteiger partial charge is 0.407 e. The van der Waals surface area contributed by atoms with E-state index in [1.54, 1.807) is 0 Å². The Morgan fingerprint density at radius 3 is 2.59 bits per heavy atom. The maximum absolute atomic E-state index is 12.1. The Bertz CT molecular complexity index is 483. The van der Waals surface area contributed by atoms with E-state index in [1.807, 2.05) is 0 Å². The van der Waals surface area contributed by atoms with Crippen molar-refractivity contribution in [3.8, 4) is 0 Å². The monoisotopic (exact) mass is 309 g/mol. The zero-order chi connectivity index (χ0) is 15.9. The van der Waals surface area contributed by atoms with Gasteiger partial charge in [-0.25, -0.2) is 4.79 Å². The lowest BCUT2D eigenvalue weighted by Gasteiger charge is -2.22. The lowest BCUT2D eigenvalue weighted by Crippen LogP contribution is -2.47. The predicted octanol–water partition coefficient (Wildman–Crippen LogP) is 0.233. The van der Waals surface area contributed by atoms with Crippen LogP contribution in [0.3, 0.4) is 0 Å². The number of nitrogens with zero attached hydrogens (tertiary/aromatic N) is 1. The van der Waals surface area contributed by atoms with Crippen LogP contribution in [0, 0.1) is 17.8 Å². The van der Waals surface area contributed by atoms with E-state index in [2.05, 4.69) is 12.2 Å². The zero-order valence-corrected chi connectivity index (χ0v) is 12.8. The standard InChI is InChI=1S/C15H23N3O4/c1-8-10-5-9(6-11(8)10)22-15(21)17-7-13(19)18-4-2-3-12(18)14(16)20/h8-12H,2-7H2,1H3,(H2,16,20)(H,17,21)/t8?,9?,10?,11?,12-/m0/s1. The quantitative estimate of drug-likeness (QED) is 0.776. The van der Waals surface area contributed by atoms with Crippen molar-refractivity contribution >= 4 is 17.9 Å². The van der Waals surface area contributed by atoms with E-state index < -0.39 is 18.0 Å². The summed E-state index contributed by atoms with van der Waals surface area (Å²) in [6, 6.07) is -0.547. The van der Waals surface area contributed by atoms with E-state index in [1.165, 1.54) is 4.90 Å². The fraction of sp³-hybridized carbons (Fsp3) is 0.800. The van der Waals surface area contributed by atoms with Crippen molar-refractivity contribution in [2.24, 2.45) is 23.5 Å². The van der Waals surface area contributed by atoms with Crippen LogP contribution < -0.4 is 11.1 Å². The minimum Gasteiger partial charge on any atom is -0.446 e. The molecule has 1 saturated heterocycles. The third-order valence-electron chi connectivity index (χ3n) is 5.39. The average Bonchev–Trinajstić information content (AvgIpc) is 2.94. The molecule has 0 aromatic carbocycles. The second kappa shape index (κ2) is 5.78. The van der Waals surface area contributed by atoms with Gasteiger partial charge in [0.2, 0.25) is 11.8 Å². The van der Waals surface area contributed by atoms with Gasteiger partial charge in [0, 0.05) is 6.54 Å². The second-order valence-corrected chi connectivity index (χ2v) is 6.69. The van der Waals surface area contributed by atoms with E-state index in [0.29, 0.717) is 24.8 Å². The Labute approximate surface area is 129 Å². The molecule has 0 radical (unpaired) electrons. The van der Waals surface area contributed by atoms with Crippen LogP contribution in [0.5, 0.6) is 0 Å². The van der Waals surface area contributed by atoms with Crippen molar-refractivity contribution < 1.29 is 19.1 Å². The molecule has 3 atom stereocenters. The number of nitrogens with one attached hydrogen (secondary N) is 1. The van der Waals surface area contributed by atoms with E-state index in [0.717, 1.165) is 25.2 Å². The van der Waals surface area contributed by atoms with Crippen molar-refractivity contribution in [2.75, 3.05) is 13.1 Å². The molecule has 22 heavy (non-hydrogen) atoms. The van der Waals surface area contributed by atoms with Gasteiger partial charge in [0.25, 0.3) is 0 Å². The van der Waals surface area contributed by atoms with Gasteiger partial charge in [-0.2, -0.15) is 0 Å². The molecule has 7 nitrogen and oxygen atoms in total. The average molecular weight is 309 g/mol. The normalized spacial score (nSPS) is 35.9. The molecule has 3 N–H and O–H groups in total. The van der Waals surface area contributed by atoms with Crippen LogP contribution in [0.15, 0.2) is 0 Å². The predicted molar refractivity (Wildman–Crippen MR) is 77.6 cm³/mol. The highest BCUT2D eigenvalue weighted by Gasteiger charge is 2.54. The second-order valence-electron chi connectivity index (χ2n) is 6.69. The molecule has 7 heteroatoms. The van der Waals surface area contributed by atoms with Crippen LogP contribution >= 0.6 is 0 Å². The molecule has 3 amide bonds. The summed E-state index contributed by atoms with van der Waals surface area (Å²) in [6.07, 6.45) is 2.64. The fourth-order valence-electron chi connectivity index (χ4n) is 4.02. The number of likely N-dealkylation sites (tertiary alicyclic amines) is 1. The number of hydrogen-bond acceptors (Lipinski definition) is 4. The number of carbonyl (C=O) groups excluding carboxylic acids is 3. The number of amides is 3. The van der Waals surface area contributed by atoms with Gasteiger partial charge in [0.15, 0.2) is 0 Å². The Kier molecular flexibility index (Phi) is 3.97.